The van der Waals surface area contributed by atoms with Crippen molar-refractivity contribution in [2.45, 2.75) is 0 Å². The van der Waals surface area contributed by atoms with Crippen LogP contribution in [0.4, 0.5) is 16.2 Å². The molecule has 1 aromatic carbocycles. The van der Waals surface area contributed by atoms with Crippen molar-refractivity contribution in [2.75, 3.05) is 43.1 Å². The second-order valence-corrected chi connectivity index (χ2v) is 5.77. The van der Waals surface area contributed by atoms with E-state index in [4.69, 9.17) is 5.26 Å². The molecule has 3 rings (SSSR count). The highest BCUT2D eigenvalue weighted by Crippen LogP contribution is 2.18. The molecule has 1 aliphatic heterocycles. The van der Waals surface area contributed by atoms with Crippen LogP contribution in [0.3, 0.4) is 0 Å². The first kappa shape index (κ1) is 16.9. The zero-order valence-electron chi connectivity index (χ0n) is 13.9. The predicted octanol–water partition coefficient (Wildman–Crippen LogP) is 1.85. The molecule has 1 aliphatic rings. The number of carbonyl (C=O) groups is 1. The summed E-state index contributed by atoms with van der Waals surface area (Å²) < 4.78 is 0. The number of pyridine rings is 1. The van der Waals surface area contributed by atoms with Crippen LogP contribution < -0.4 is 15.5 Å². The van der Waals surface area contributed by atoms with Crippen LogP contribution in [0.15, 0.2) is 48.8 Å². The number of benzene rings is 1. The molecule has 0 bridgehead atoms. The van der Waals surface area contributed by atoms with Crippen LogP contribution >= 0.6 is 0 Å². The van der Waals surface area contributed by atoms with E-state index in [1.165, 1.54) is 0 Å². The van der Waals surface area contributed by atoms with E-state index in [-0.39, 0.29) is 6.03 Å². The Morgan fingerprint density at radius 2 is 2.16 bits per heavy atom. The van der Waals surface area contributed by atoms with Gasteiger partial charge in [-0.25, -0.2) is 4.79 Å². The fraction of sp³-hybridized carbons (Fsp3) is 0.278. The summed E-state index contributed by atoms with van der Waals surface area (Å²) >= 11 is 0. The first-order chi connectivity index (χ1) is 12.3. The van der Waals surface area contributed by atoms with Crippen LogP contribution in [0, 0.1) is 11.3 Å². The van der Waals surface area contributed by atoms with E-state index in [1.807, 2.05) is 6.07 Å². The Bertz CT molecular complexity index is 752. The van der Waals surface area contributed by atoms with Crippen LogP contribution in [-0.2, 0) is 0 Å². The van der Waals surface area contributed by atoms with Gasteiger partial charge in [0, 0.05) is 38.1 Å². The molecule has 0 radical (unpaired) electrons. The molecule has 1 saturated heterocycles. The van der Waals surface area contributed by atoms with Gasteiger partial charge in [0.25, 0.3) is 0 Å². The van der Waals surface area contributed by atoms with E-state index < -0.39 is 0 Å². The molecule has 2 heterocycles. The Morgan fingerprint density at radius 3 is 2.88 bits per heavy atom. The molecule has 25 heavy (non-hydrogen) atoms. The zero-order chi connectivity index (χ0) is 17.5. The average Bonchev–Trinajstić information content (AvgIpc) is 2.67. The van der Waals surface area contributed by atoms with Gasteiger partial charge in [0.1, 0.15) is 0 Å². The van der Waals surface area contributed by atoms with Gasteiger partial charge >= 0.3 is 6.03 Å². The Hall–Kier alpha value is -2.95. The summed E-state index contributed by atoms with van der Waals surface area (Å²) in [6.07, 6.45) is 3.26. The minimum absolute atomic E-state index is 0.248. The van der Waals surface area contributed by atoms with Crippen LogP contribution in [0.1, 0.15) is 5.56 Å². The van der Waals surface area contributed by atoms with Crippen LogP contribution in [0.2, 0.25) is 0 Å². The third kappa shape index (κ3) is 4.53. The lowest BCUT2D eigenvalue weighted by Crippen LogP contribution is -2.50. The first-order valence-corrected chi connectivity index (χ1v) is 8.18. The minimum Gasteiger partial charge on any atom is -0.314 e. The van der Waals surface area contributed by atoms with E-state index in [2.05, 4.69) is 26.6 Å². The molecular weight excluding hydrogens is 316 g/mol. The zero-order valence-corrected chi connectivity index (χ0v) is 13.9. The summed E-state index contributed by atoms with van der Waals surface area (Å²) in [5.74, 6) is 0. The summed E-state index contributed by atoms with van der Waals surface area (Å²) in [6, 6.07) is 12.5. The number of hydrogen-bond donors (Lipinski definition) is 2. The van der Waals surface area contributed by atoms with Gasteiger partial charge < -0.3 is 10.6 Å². The van der Waals surface area contributed by atoms with Crippen molar-refractivity contribution in [1.29, 1.82) is 5.26 Å². The maximum atomic E-state index is 12.8. The number of anilines is 2. The average molecular weight is 336 g/mol. The van der Waals surface area contributed by atoms with Gasteiger partial charge in [0.15, 0.2) is 0 Å². The smallest absolute Gasteiger partial charge is 0.314 e. The molecule has 2 aromatic rings. The van der Waals surface area contributed by atoms with Crippen molar-refractivity contribution in [3.8, 4) is 6.07 Å². The highest BCUT2D eigenvalue weighted by Gasteiger charge is 2.21. The number of amides is 2. The number of piperazine rings is 1. The molecule has 2 amide bonds. The Kier molecular flexibility index (Phi) is 5.57. The van der Waals surface area contributed by atoms with Crippen LogP contribution in [-0.4, -0.2) is 48.8 Å². The van der Waals surface area contributed by atoms with Gasteiger partial charge in [0.2, 0.25) is 0 Å². The number of urea groups is 1. The Labute approximate surface area is 146 Å². The number of hydrogen-bond acceptors (Lipinski definition) is 5. The maximum absolute atomic E-state index is 12.8. The highest BCUT2D eigenvalue weighted by molar-refractivity contribution is 6.01. The lowest BCUT2D eigenvalue weighted by molar-refractivity contribution is 0.228. The number of nitrogens with zero attached hydrogens (tertiary/aromatic N) is 4. The number of nitrogens with one attached hydrogen (secondary N) is 2. The van der Waals surface area contributed by atoms with Crippen molar-refractivity contribution >= 4 is 17.4 Å². The fourth-order valence-corrected chi connectivity index (χ4v) is 2.69. The largest absolute Gasteiger partial charge is 0.327 e. The third-order valence-corrected chi connectivity index (χ3v) is 4.00. The number of carbonyl (C=O) groups excluding carboxylic acids is 1. The summed E-state index contributed by atoms with van der Waals surface area (Å²) in [5, 5.41) is 15.3. The van der Waals surface area contributed by atoms with Crippen molar-refractivity contribution in [3.05, 3.63) is 54.4 Å². The minimum atomic E-state index is -0.248. The molecule has 7 heteroatoms. The molecule has 0 spiro atoms. The monoisotopic (exact) mass is 336 g/mol. The molecule has 0 atom stereocenters. The maximum Gasteiger partial charge on any atom is 0.327 e. The van der Waals surface area contributed by atoms with Crippen molar-refractivity contribution in [2.24, 2.45) is 0 Å². The fourth-order valence-electron chi connectivity index (χ4n) is 2.69. The lowest BCUT2D eigenvalue weighted by atomic mass is 10.2. The predicted molar refractivity (Wildman–Crippen MR) is 96.2 cm³/mol. The van der Waals surface area contributed by atoms with Crippen molar-refractivity contribution in [3.63, 3.8) is 0 Å². The normalized spacial score (nSPS) is 14.5. The Morgan fingerprint density at radius 1 is 1.32 bits per heavy atom. The molecule has 0 saturated carbocycles. The van der Waals surface area contributed by atoms with E-state index in [0.717, 1.165) is 26.2 Å². The summed E-state index contributed by atoms with van der Waals surface area (Å²) in [7, 11) is 0. The quantitative estimate of drug-likeness (QED) is 0.890. The molecule has 128 valence electrons. The molecule has 0 unspecified atom stereocenters. The molecule has 1 aromatic heterocycles. The number of rotatable bonds is 4. The SMILES string of the molecule is N#Cc1cccc(N(CN2CCNCC2)C(=O)Nc2cccnc2)c1. The summed E-state index contributed by atoms with van der Waals surface area (Å²) in [4.78, 5) is 20.7. The molecule has 7 nitrogen and oxygen atoms in total. The number of nitriles is 1. The third-order valence-electron chi connectivity index (χ3n) is 4.00. The highest BCUT2D eigenvalue weighted by atomic mass is 16.2. The van der Waals surface area contributed by atoms with E-state index in [1.54, 1.807) is 47.6 Å². The molecule has 1 fully saturated rings. The Balaban J connectivity index is 1.82. The van der Waals surface area contributed by atoms with E-state index in [0.29, 0.717) is 23.6 Å². The molecular formula is C18H20N6O. The van der Waals surface area contributed by atoms with Gasteiger partial charge in [-0.15, -0.1) is 0 Å². The number of aromatic nitrogens is 1. The standard InChI is InChI=1S/C18H20N6O/c19-12-15-3-1-5-17(11-15)24(14-23-9-7-20-8-10-23)18(25)22-16-4-2-6-21-13-16/h1-6,11,13,20H,7-10,14H2,(H,22,25). The summed E-state index contributed by atoms with van der Waals surface area (Å²) in [6.45, 7) is 4.00. The first-order valence-electron chi connectivity index (χ1n) is 8.18. The van der Waals surface area contributed by atoms with Crippen molar-refractivity contribution < 1.29 is 4.79 Å². The summed E-state index contributed by atoms with van der Waals surface area (Å²) in [5.41, 5.74) is 1.85. The van der Waals surface area contributed by atoms with Gasteiger partial charge in [-0.05, 0) is 30.3 Å². The van der Waals surface area contributed by atoms with Crippen LogP contribution in [0.5, 0.6) is 0 Å². The second kappa shape index (κ2) is 8.24. The molecule has 0 aliphatic carbocycles. The van der Waals surface area contributed by atoms with Gasteiger partial charge in [-0.2, -0.15) is 5.26 Å². The van der Waals surface area contributed by atoms with Gasteiger partial charge in [-0.3, -0.25) is 14.8 Å². The van der Waals surface area contributed by atoms with E-state index in [9.17, 15) is 4.79 Å². The van der Waals surface area contributed by atoms with E-state index >= 15 is 0 Å². The van der Waals surface area contributed by atoms with Gasteiger partial charge in [0.05, 0.1) is 30.2 Å². The lowest BCUT2D eigenvalue weighted by Gasteiger charge is -2.33. The topological polar surface area (TPSA) is 84.3 Å². The second-order valence-electron chi connectivity index (χ2n) is 5.77. The molecule has 2 N–H and O–H groups in total. The van der Waals surface area contributed by atoms with Gasteiger partial charge in [-0.1, -0.05) is 6.07 Å². The van der Waals surface area contributed by atoms with Crippen LogP contribution in [0.25, 0.3) is 0 Å². The van der Waals surface area contributed by atoms with Crippen molar-refractivity contribution in [1.82, 2.24) is 15.2 Å².